The fourth-order valence-corrected chi connectivity index (χ4v) is 3.33. The molecular formula is C26H31ClN4O2. The van der Waals surface area contributed by atoms with E-state index in [9.17, 15) is 9.90 Å². The lowest BCUT2D eigenvalue weighted by Crippen LogP contribution is -2.37. The fourth-order valence-electron chi connectivity index (χ4n) is 3.16. The zero-order valence-corrected chi connectivity index (χ0v) is 20.5. The molecule has 1 heterocycles. The molecule has 6 nitrogen and oxygen atoms in total. The third-order valence-corrected chi connectivity index (χ3v) is 5.01. The molecular weight excluding hydrogens is 436 g/mol. The van der Waals surface area contributed by atoms with E-state index < -0.39 is 6.10 Å². The summed E-state index contributed by atoms with van der Waals surface area (Å²) in [4.78, 5) is 18.6. The summed E-state index contributed by atoms with van der Waals surface area (Å²) in [6.07, 6.45) is 1.05. The molecule has 0 aliphatic rings. The van der Waals surface area contributed by atoms with Crippen LogP contribution in [0.15, 0.2) is 42.6 Å². The number of hydrogen-bond acceptors (Lipinski definition) is 5. The van der Waals surface area contributed by atoms with Crippen molar-refractivity contribution in [2.45, 2.75) is 26.9 Å². The van der Waals surface area contributed by atoms with Crippen LogP contribution in [0.25, 0.3) is 10.8 Å². The Morgan fingerprint density at radius 1 is 1.21 bits per heavy atom. The quantitative estimate of drug-likeness (QED) is 0.497. The first kappa shape index (κ1) is 26.1. The minimum absolute atomic E-state index is 0.171. The number of likely N-dealkylation sites (N-methyl/N-ethyl adjacent to an activating group) is 1. The Morgan fingerprint density at radius 2 is 1.94 bits per heavy atom. The average molecular weight is 467 g/mol. The van der Waals surface area contributed by atoms with Crippen LogP contribution in [-0.4, -0.2) is 54.2 Å². The summed E-state index contributed by atoms with van der Waals surface area (Å²) in [7, 11) is 3.73. The van der Waals surface area contributed by atoms with Crippen molar-refractivity contribution in [3.8, 4) is 11.8 Å². The van der Waals surface area contributed by atoms with E-state index in [1.165, 1.54) is 0 Å². The minimum Gasteiger partial charge on any atom is -0.390 e. The lowest BCUT2D eigenvalue weighted by molar-refractivity contribution is 0.0892. The van der Waals surface area contributed by atoms with Gasteiger partial charge in [0.2, 0.25) is 0 Å². The molecule has 2 aromatic carbocycles. The number of amides is 1. The van der Waals surface area contributed by atoms with Crippen LogP contribution in [0.2, 0.25) is 5.02 Å². The van der Waals surface area contributed by atoms with Gasteiger partial charge < -0.3 is 21.1 Å². The van der Waals surface area contributed by atoms with Crippen molar-refractivity contribution in [1.29, 1.82) is 0 Å². The molecule has 0 spiro atoms. The number of aryl methyl sites for hydroxylation is 1. The number of aliphatic hydroxyl groups excluding tert-OH is 1. The molecule has 0 aliphatic carbocycles. The molecule has 3 aromatic rings. The highest BCUT2D eigenvalue weighted by Crippen LogP contribution is 2.25. The van der Waals surface area contributed by atoms with Crippen molar-refractivity contribution in [2.75, 3.05) is 32.9 Å². The van der Waals surface area contributed by atoms with E-state index in [0.717, 1.165) is 16.3 Å². The number of aliphatic hydroxyl groups is 1. The first-order chi connectivity index (χ1) is 15.7. The molecule has 0 saturated carbocycles. The smallest absolute Gasteiger partial charge is 0.251 e. The van der Waals surface area contributed by atoms with Gasteiger partial charge in [-0.3, -0.25) is 4.79 Å². The lowest BCUT2D eigenvalue weighted by atomic mass is 10.0. The first-order valence-corrected chi connectivity index (χ1v) is 11.2. The van der Waals surface area contributed by atoms with Crippen LogP contribution in [0.4, 0.5) is 5.82 Å². The number of benzene rings is 2. The maximum Gasteiger partial charge on any atom is 0.251 e. The van der Waals surface area contributed by atoms with Gasteiger partial charge in [-0.15, -0.1) is 0 Å². The lowest BCUT2D eigenvalue weighted by Gasteiger charge is -2.16. The van der Waals surface area contributed by atoms with Crippen LogP contribution < -0.4 is 11.1 Å². The molecule has 1 atom stereocenters. The zero-order valence-electron chi connectivity index (χ0n) is 19.7. The van der Waals surface area contributed by atoms with Gasteiger partial charge in [0.15, 0.2) is 0 Å². The summed E-state index contributed by atoms with van der Waals surface area (Å²) in [5, 5.41) is 15.0. The van der Waals surface area contributed by atoms with E-state index in [4.69, 9.17) is 17.3 Å². The summed E-state index contributed by atoms with van der Waals surface area (Å²) in [5.41, 5.74) is 8.78. The van der Waals surface area contributed by atoms with Crippen LogP contribution in [0.3, 0.4) is 0 Å². The number of aromatic nitrogens is 1. The number of pyridine rings is 1. The Kier molecular flexibility index (Phi) is 9.68. The van der Waals surface area contributed by atoms with Gasteiger partial charge in [-0.1, -0.05) is 49.4 Å². The van der Waals surface area contributed by atoms with Gasteiger partial charge in [0, 0.05) is 46.2 Å². The highest BCUT2D eigenvalue weighted by Gasteiger charge is 2.11. The van der Waals surface area contributed by atoms with Crippen molar-refractivity contribution in [3.63, 3.8) is 0 Å². The van der Waals surface area contributed by atoms with Crippen LogP contribution in [-0.2, 0) is 0 Å². The molecule has 0 aliphatic heterocycles. The van der Waals surface area contributed by atoms with Crippen LogP contribution in [0, 0.1) is 18.8 Å². The molecule has 1 unspecified atom stereocenters. The summed E-state index contributed by atoms with van der Waals surface area (Å²) in [5.74, 6) is 6.28. The second kappa shape index (κ2) is 12.2. The first-order valence-electron chi connectivity index (χ1n) is 10.8. The van der Waals surface area contributed by atoms with Crippen molar-refractivity contribution in [1.82, 2.24) is 15.2 Å². The van der Waals surface area contributed by atoms with Crippen molar-refractivity contribution >= 4 is 34.1 Å². The number of nitrogens with zero attached hydrogens (tertiary/aromatic N) is 2. The van der Waals surface area contributed by atoms with E-state index in [1.807, 2.05) is 58.0 Å². The number of fused-ring (bicyclic) bond motifs is 1. The molecule has 0 saturated heterocycles. The predicted octanol–water partition coefficient (Wildman–Crippen LogP) is 3.86. The van der Waals surface area contributed by atoms with Gasteiger partial charge in [0.25, 0.3) is 5.91 Å². The molecule has 4 N–H and O–H groups in total. The summed E-state index contributed by atoms with van der Waals surface area (Å²) >= 11 is 6.15. The highest BCUT2D eigenvalue weighted by molar-refractivity contribution is 6.31. The molecule has 1 aromatic heterocycles. The number of carbonyl (C=O) groups is 1. The average Bonchev–Trinajstić information content (AvgIpc) is 2.78. The third kappa shape index (κ3) is 7.19. The number of rotatable bonds is 5. The molecule has 1 amide bonds. The normalized spacial score (nSPS) is 11.3. The van der Waals surface area contributed by atoms with Gasteiger partial charge in [0.05, 0.1) is 11.7 Å². The maximum absolute atomic E-state index is 12.5. The second-order valence-electron chi connectivity index (χ2n) is 7.66. The number of anilines is 1. The van der Waals surface area contributed by atoms with E-state index in [-0.39, 0.29) is 12.5 Å². The number of nitrogens with two attached hydrogens (primary N) is 1. The van der Waals surface area contributed by atoms with Crippen molar-refractivity contribution in [3.05, 3.63) is 69.9 Å². The molecule has 0 radical (unpaired) electrons. The van der Waals surface area contributed by atoms with E-state index >= 15 is 0 Å². The van der Waals surface area contributed by atoms with Gasteiger partial charge in [-0.2, -0.15) is 0 Å². The Hall–Kier alpha value is -3.11. The summed E-state index contributed by atoms with van der Waals surface area (Å²) < 4.78 is 0. The topological polar surface area (TPSA) is 91.5 Å². The molecule has 3 rings (SSSR count). The number of carbonyl (C=O) groups excluding carboxylic acids is 1. The Balaban J connectivity index is 0.00000187. The molecule has 33 heavy (non-hydrogen) atoms. The van der Waals surface area contributed by atoms with Crippen LogP contribution in [0.5, 0.6) is 0 Å². The number of hydrogen-bond donors (Lipinski definition) is 3. The van der Waals surface area contributed by atoms with Crippen molar-refractivity contribution in [2.24, 2.45) is 0 Å². The number of nitrogen functional groups attached to an aromatic ring is 1. The monoisotopic (exact) mass is 466 g/mol. The standard InChI is InChI=1S/C24H25ClN4O2.C2H6/c1-15-4-5-17(24(31)28-13-20(30)14-29(2)3)10-16(15)7-9-21-22-11-19(25)8-6-18(22)12-27-23(21)26;1-2/h4-6,8,10-12,20,30H,13-14H2,1-3H3,(H2,26,27)(H,28,31);1-2H3. The number of nitrogens with one attached hydrogen (secondary N) is 1. The van der Waals surface area contributed by atoms with Crippen LogP contribution in [0.1, 0.15) is 40.9 Å². The molecule has 7 heteroatoms. The van der Waals surface area contributed by atoms with Gasteiger partial charge in [0.1, 0.15) is 5.82 Å². The molecule has 0 fully saturated rings. The third-order valence-electron chi connectivity index (χ3n) is 4.78. The largest absolute Gasteiger partial charge is 0.390 e. The van der Waals surface area contributed by atoms with Gasteiger partial charge >= 0.3 is 0 Å². The second-order valence-corrected chi connectivity index (χ2v) is 8.09. The Labute approximate surface area is 200 Å². The Morgan fingerprint density at radius 3 is 2.64 bits per heavy atom. The number of halogens is 1. The summed E-state index contributed by atoms with van der Waals surface area (Å²) in [6.45, 7) is 6.56. The fraction of sp³-hybridized carbons (Fsp3) is 0.308. The van der Waals surface area contributed by atoms with Gasteiger partial charge in [-0.05, 0) is 50.8 Å². The van der Waals surface area contributed by atoms with Crippen LogP contribution >= 0.6 is 11.6 Å². The van der Waals surface area contributed by atoms with E-state index in [0.29, 0.717) is 34.1 Å². The van der Waals surface area contributed by atoms with Crippen molar-refractivity contribution < 1.29 is 9.90 Å². The highest BCUT2D eigenvalue weighted by atomic mass is 35.5. The van der Waals surface area contributed by atoms with E-state index in [1.54, 1.807) is 24.4 Å². The minimum atomic E-state index is -0.641. The van der Waals surface area contributed by atoms with Gasteiger partial charge in [-0.25, -0.2) is 4.98 Å². The SMILES string of the molecule is CC.Cc1ccc(C(=O)NCC(O)CN(C)C)cc1C#Cc1c(N)ncc2ccc(Cl)cc12. The zero-order chi connectivity index (χ0) is 24.5. The van der Waals surface area contributed by atoms with E-state index in [2.05, 4.69) is 22.1 Å². The Bertz CT molecular complexity index is 1180. The maximum atomic E-state index is 12.5. The predicted molar refractivity (Wildman–Crippen MR) is 137 cm³/mol. The molecule has 174 valence electrons. The summed E-state index contributed by atoms with van der Waals surface area (Å²) in [6, 6.07) is 10.8. The molecule has 0 bridgehead atoms.